The number of hydrogen-bond donors (Lipinski definition) is 2. The summed E-state index contributed by atoms with van der Waals surface area (Å²) in [6.45, 7) is 2.45. The maximum absolute atomic E-state index is 11.2. The van der Waals surface area contributed by atoms with Gasteiger partial charge in [-0.2, -0.15) is 0 Å². The molecule has 0 aromatic heterocycles. The zero-order chi connectivity index (χ0) is 16.8. The second-order valence-electron chi connectivity index (χ2n) is 5.13. The third-order valence-corrected chi connectivity index (χ3v) is 4.81. The van der Waals surface area contributed by atoms with Crippen LogP contribution < -0.4 is 10.6 Å². The van der Waals surface area contributed by atoms with Crippen molar-refractivity contribution in [2.45, 2.75) is 25.9 Å². The molecular weight excluding hydrogens is 517 g/mol. The molecule has 1 unspecified atom stereocenters. The predicted octanol–water partition coefficient (Wildman–Crippen LogP) is 3.21. The lowest BCUT2D eigenvalue weighted by atomic mass is 10.2. The van der Waals surface area contributed by atoms with Crippen LogP contribution >= 0.6 is 51.5 Å². The summed E-state index contributed by atoms with van der Waals surface area (Å²) >= 11 is 9.53. The molecule has 1 atom stereocenters. The molecule has 0 aliphatic heterocycles. The zero-order valence-corrected chi connectivity index (χ0v) is 18.8. The fourth-order valence-corrected chi connectivity index (χ4v) is 3.26. The summed E-state index contributed by atoms with van der Waals surface area (Å²) in [5.41, 5.74) is 0.955. The van der Waals surface area contributed by atoms with Gasteiger partial charge in [0.15, 0.2) is 5.96 Å². The number of sulfone groups is 1. The van der Waals surface area contributed by atoms with Crippen LogP contribution in [-0.2, 0) is 16.4 Å². The van der Waals surface area contributed by atoms with E-state index >= 15 is 0 Å². The molecule has 0 saturated heterocycles. The van der Waals surface area contributed by atoms with E-state index in [2.05, 4.69) is 31.6 Å². The molecule has 0 bridgehead atoms. The average Bonchev–Trinajstić information content (AvgIpc) is 2.42. The molecule has 1 aromatic carbocycles. The molecule has 0 aliphatic carbocycles. The Morgan fingerprint density at radius 2 is 2.09 bits per heavy atom. The van der Waals surface area contributed by atoms with Crippen LogP contribution in [0.15, 0.2) is 27.7 Å². The van der Waals surface area contributed by atoms with Crippen LogP contribution in [0.3, 0.4) is 0 Å². The van der Waals surface area contributed by atoms with E-state index in [1.165, 1.54) is 6.26 Å². The maximum Gasteiger partial charge on any atom is 0.191 e. The van der Waals surface area contributed by atoms with Gasteiger partial charge in [-0.05, 0) is 31.0 Å². The van der Waals surface area contributed by atoms with Gasteiger partial charge < -0.3 is 10.6 Å². The SMILES string of the molecule is CN=C(NCc1ccc(Br)cc1Cl)NC(C)CCS(C)(=O)=O.I. The molecule has 0 fully saturated rings. The summed E-state index contributed by atoms with van der Waals surface area (Å²) in [5.74, 6) is 0.761. The highest BCUT2D eigenvalue weighted by Gasteiger charge is 2.10. The number of nitrogens with one attached hydrogen (secondary N) is 2. The number of aliphatic imine (C=N–C) groups is 1. The van der Waals surface area contributed by atoms with Crippen LogP contribution in [0.2, 0.25) is 5.02 Å². The topological polar surface area (TPSA) is 70.6 Å². The standard InChI is InChI=1S/C14H21BrClN3O2S.HI/c1-10(6-7-22(3,20)21)19-14(17-2)18-9-11-4-5-12(15)8-13(11)16;/h4-5,8,10H,6-7,9H2,1-3H3,(H2,17,18,19);1H. The number of hydrogen-bond acceptors (Lipinski definition) is 3. The van der Waals surface area contributed by atoms with Gasteiger partial charge in [-0.25, -0.2) is 8.42 Å². The van der Waals surface area contributed by atoms with Crippen LogP contribution in [0, 0.1) is 0 Å². The highest BCUT2D eigenvalue weighted by atomic mass is 127. The van der Waals surface area contributed by atoms with Crippen molar-refractivity contribution in [3.05, 3.63) is 33.3 Å². The lowest BCUT2D eigenvalue weighted by Crippen LogP contribution is -2.42. The van der Waals surface area contributed by atoms with E-state index in [-0.39, 0.29) is 35.8 Å². The summed E-state index contributed by atoms with van der Waals surface area (Å²) in [5, 5.41) is 7.00. The molecule has 23 heavy (non-hydrogen) atoms. The number of guanidine groups is 1. The molecule has 2 N–H and O–H groups in total. The molecule has 5 nitrogen and oxygen atoms in total. The van der Waals surface area contributed by atoms with Gasteiger partial charge in [0.25, 0.3) is 0 Å². The molecule has 0 heterocycles. The minimum absolute atomic E-state index is 0. The van der Waals surface area contributed by atoms with Crippen LogP contribution in [0.25, 0.3) is 0 Å². The second-order valence-corrected chi connectivity index (χ2v) is 8.71. The Bertz CT molecular complexity index is 641. The first-order valence-corrected chi connectivity index (χ1v) is 10.0. The van der Waals surface area contributed by atoms with E-state index < -0.39 is 9.84 Å². The first-order valence-electron chi connectivity index (χ1n) is 6.80. The van der Waals surface area contributed by atoms with Crippen molar-refractivity contribution in [3.8, 4) is 0 Å². The number of nitrogens with zero attached hydrogens (tertiary/aromatic N) is 1. The van der Waals surface area contributed by atoms with Crippen molar-refractivity contribution in [3.63, 3.8) is 0 Å². The quantitative estimate of drug-likeness (QED) is 0.332. The molecular formula is C14H22BrClIN3O2S. The van der Waals surface area contributed by atoms with Gasteiger partial charge in [0.1, 0.15) is 9.84 Å². The number of benzene rings is 1. The van der Waals surface area contributed by atoms with Gasteiger partial charge in [-0.15, -0.1) is 24.0 Å². The molecule has 9 heteroatoms. The minimum Gasteiger partial charge on any atom is -0.354 e. The second kappa shape index (κ2) is 10.7. The van der Waals surface area contributed by atoms with Crippen LogP contribution in [-0.4, -0.2) is 39.5 Å². The molecule has 0 amide bonds. The Morgan fingerprint density at radius 1 is 1.43 bits per heavy atom. The molecule has 0 radical (unpaired) electrons. The van der Waals surface area contributed by atoms with E-state index in [4.69, 9.17) is 11.6 Å². The zero-order valence-electron chi connectivity index (χ0n) is 13.3. The fraction of sp³-hybridized carbons (Fsp3) is 0.500. The van der Waals surface area contributed by atoms with E-state index in [9.17, 15) is 8.42 Å². The highest BCUT2D eigenvalue weighted by Crippen LogP contribution is 2.21. The van der Waals surface area contributed by atoms with Gasteiger partial charge in [0.05, 0.1) is 5.75 Å². The average molecular weight is 539 g/mol. The fourth-order valence-electron chi connectivity index (χ4n) is 1.74. The van der Waals surface area contributed by atoms with Gasteiger partial charge in [-0.3, -0.25) is 4.99 Å². The van der Waals surface area contributed by atoms with Crippen molar-refractivity contribution in [2.24, 2.45) is 4.99 Å². The summed E-state index contributed by atoms with van der Waals surface area (Å²) in [7, 11) is -1.28. The van der Waals surface area contributed by atoms with Gasteiger partial charge >= 0.3 is 0 Å². The van der Waals surface area contributed by atoms with Crippen molar-refractivity contribution < 1.29 is 8.42 Å². The summed E-state index contributed by atoms with van der Waals surface area (Å²) in [6.07, 6.45) is 1.76. The highest BCUT2D eigenvalue weighted by molar-refractivity contribution is 14.0. The molecule has 132 valence electrons. The first kappa shape index (κ1) is 22.9. The molecule has 0 aliphatic rings. The molecule has 0 saturated carbocycles. The summed E-state index contributed by atoms with van der Waals surface area (Å²) in [4.78, 5) is 4.13. The largest absolute Gasteiger partial charge is 0.354 e. The normalized spacial score (nSPS) is 13.2. The minimum atomic E-state index is -2.95. The van der Waals surface area contributed by atoms with Crippen molar-refractivity contribution >= 4 is 67.3 Å². The van der Waals surface area contributed by atoms with Gasteiger partial charge in [0.2, 0.25) is 0 Å². The maximum atomic E-state index is 11.2. The first-order chi connectivity index (χ1) is 10.2. The van der Waals surface area contributed by atoms with E-state index in [1.54, 1.807) is 7.05 Å². The molecule has 0 spiro atoms. The van der Waals surface area contributed by atoms with Gasteiger partial charge in [-0.1, -0.05) is 33.6 Å². The summed E-state index contributed by atoms with van der Waals surface area (Å²) < 4.78 is 23.3. The Balaban J connectivity index is 0.00000484. The van der Waals surface area contributed by atoms with Crippen LogP contribution in [0.1, 0.15) is 18.9 Å². The lowest BCUT2D eigenvalue weighted by molar-refractivity contribution is 0.581. The third kappa shape index (κ3) is 9.73. The van der Waals surface area contributed by atoms with Crippen molar-refractivity contribution in [1.82, 2.24) is 10.6 Å². The van der Waals surface area contributed by atoms with Crippen molar-refractivity contribution in [1.29, 1.82) is 0 Å². The Morgan fingerprint density at radius 3 is 2.61 bits per heavy atom. The predicted molar refractivity (Wildman–Crippen MR) is 112 cm³/mol. The Labute approximate surface area is 168 Å². The van der Waals surface area contributed by atoms with E-state index in [0.717, 1.165) is 10.0 Å². The third-order valence-electron chi connectivity index (χ3n) is 2.99. The van der Waals surface area contributed by atoms with E-state index in [1.807, 2.05) is 25.1 Å². The number of halogens is 3. The lowest BCUT2D eigenvalue weighted by Gasteiger charge is -2.18. The Kier molecular flexibility index (Phi) is 10.7. The smallest absolute Gasteiger partial charge is 0.191 e. The van der Waals surface area contributed by atoms with Gasteiger partial charge in [0, 0.05) is 35.4 Å². The van der Waals surface area contributed by atoms with E-state index in [0.29, 0.717) is 23.9 Å². The monoisotopic (exact) mass is 537 g/mol. The van der Waals surface area contributed by atoms with Crippen LogP contribution in [0.5, 0.6) is 0 Å². The molecule has 1 rings (SSSR count). The Hall–Kier alpha value is -0.0600. The van der Waals surface area contributed by atoms with Crippen LogP contribution in [0.4, 0.5) is 0 Å². The molecule has 1 aromatic rings. The summed E-state index contributed by atoms with van der Waals surface area (Å²) in [6, 6.07) is 5.69. The van der Waals surface area contributed by atoms with Crippen molar-refractivity contribution in [2.75, 3.05) is 19.1 Å². The number of rotatable bonds is 6.